The molecule has 3 rings (SSSR count). The summed E-state index contributed by atoms with van der Waals surface area (Å²) in [5.74, 6) is 0.000721. The lowest BCUT2D eigenvalue weighted by atomic mass is 10.0. The maximum absolute atomic E-state index is 12.4. The normalized spacial score (nSPS) is 11.4. The third kappa shape index (κ3) is 5.23. The molecule has 1 aromatic heterocycles. The number of benzene rings is 2. The van der Waals surface area contributed by atoms with E-state index in [2.05, 4.69) is 10.3 Å². The third-order valence-corrected chi connectivity index (χ3v) is 6.87. The molecule has 2 aromatic carbocycles. The first kappa shape index (κ1) is 21.0. The van der Waals surface area contributed by atoms with Gasteiger partial charge in [0.2, 0.25) is 15.9 Å². The number of nitrogens with zero attached hydrogens (tertiary/aromatic N) is 2. The van der Waals surface area contributed by atoms with Crippen molar-refractivity contribution >= 4 is 33.4 Å². The Morgan fingerprint density at radius 1 is 1.00 bits per heavy atom. The van der Waals surface area contributed by atoms with Crippen LogP contribution in [0.25, 0.3) is 11.1 Å². The Hall–Kier alpha value is -2.68. The van der Waals surface area contributed by atoms with E-state index in [1.807, 2.05) is 54.6 Å². The van der Waals surface area contributed by atoms with Crippen LogP contribution < -0.4 is 5.32 Å². The molecule has 3 aromatic rings. The zero-order valence-corrected chi connectivity index (χ0v) is 17.7. The molecule has 1 heterocycles. The molecule has 0 spiro atoms. The van der Waals surface area contributed by atoms with Gasteiger partial charge >= 0.3 is 0 Å². The number of anilines is 1. The summed E-state index contributed by atoms with van der Waals surface area (Å²) in [5.41, 5.74) is 2.71. The van der Waals surface area contributed by atoms with Crippen LogP contribution in [0.4, 0.5) is 5.69 Å². The van der Waals surface area contributed by atoms with E-state index in [0.717, 1.165) is 21.1 Å². The van der Waals surface area contributed by atoms with Crippen molar-refractivity contribution in [2.75, 3.05) is 25.2 Å². The van der Waals surface area contributed by atoms with E-state index in [9.17, 15) is 13.2 Å². The minimum absolute atomic E-state index is 0.119. The quantitative estimate of drug-likeness (QED) is 0.581. The predicted molar refractivity (Wildman–Crippen MR) is 116 cm³/mol. The van der Waals surface area contributed by atoms with Crippen LogP contribution in [0.2, 0.25) is 0 Å². The lowest BCUT2D eigenvalue weighted by Gasteiger charge is -2.12. The van der Waals surface area contributed by atoms with Gasteiger partial charge in [-0.1, -0.05) is 60.3 Å². The van der Waals surface area contributed by atoms with Gasteiger partial charge in [0, 0.05) is 31.5 Å². The van der Waals surface area contributed by atoms with Crippen LogP contribution in [0.3, 0.4) is 0 Å². The molecule has 0 atom stereocenters. The van der Waals surface area contributed by atoms with Crippen LogP contribution >= 0.6 is 11.8 Å². The smallest absolute Gasteiger partial charge is 0.244 e. The number of rotatable bonds is 7. The fourth-order valence-electron chi connectivity index (χ4n) is 2.60. The van der Waals surface area contributed by atoms with Crippen LogP contribution in [0, 0.1) is 0 Å². The number of amides is 1. The summed E-state index contributed by atoms with van der Waals surface area (Å²) in [6.07, 6.45) is 1.31. The summed E-state index contributed by atoms with van der Waals surface area (Å²) in [4.78, 5) is 16.7. The number of sulfonamides is 1. The fraction of sp³-hybridized carbons (Fsp3) is 0.143. The first-order valence-corrected chi connectivity index (χ1v) is 11.3. The van der Waals surface area contributed by atoms with Gasteiger partial charge < -0.3 is 5.32 Å². The molecular weight excluding hydrogens is 406 g/mol. The monoisotopic (exact) mass is 427 g/mol. The molecule has 6 nitrogen and oxygen atoms in total. The van der Waals surface area contributed by atoms with Crippen LogP contribution in [0.15, 0.2) is 82.8 Å². The van der Waals surface area contributed by atoms with Crippen molar-refractivity contribution in [3.63, 3.8) is 0 Å². The minimum atomic E-state index is -3.51. The van der Waals surface area contributed by atoms with Gasteiger partial charge in [-0.15, -0.1) is 0 Å². The highest BCUT2D eigenvalue weighted by atomic mass is 32.2. The number of aromatic nitrogens is 1. The van der Waals surface area contributed by atoms with E-state index in [1.165, 1.54) is 38.1 Å². The molecule has 8 heteroatoms. The molecule has 1 amide bonds. The van der Waals surface area contributed by atoms with E-state index in [-0.39, 0.29) is 16.6 Å². The zero-order chi connectivity index (χ0) is 20.9. The van der Waals surface area contributed by atoms with Gasteiger partial charge in [-0.3, -0.25) is 4.79 Å². The second-order valence-electron chi connectivity index (χ2n) is 6.37. The number of carbonyl (C=O) groups is 1. The number of nitrogens with one attached hydrogen (secondary N) is 1. The number of pyridine rings is 1. The second kappa shape index (κ2) is 9.21. The van der Waals surface area contributed by atoms with Crippen molar-refractivity contribution in [3.8, 4) is 11.1 Å². The number of para-hydroxylation sites is 1. The first-order valence-electron chi connectivity index (χ1n) is 8.83. The van der Waals surface area contributed by atoms with Crippen molar-refractivity contribution in [3.05, 3.63) is 72.9 Å². The molecule has 0 aliphatic heterocycles. The summed E-state index contributed by atoms with van der Waals surface area (Å²) in [6, 6.07) is 20.6. The van der Waals surface area contributed by atoms with Crippen molar-refractivity contribution < 1.29 is 13.2 Å². The summed E-state index contributed by atoms with van der Waals surface area (Å²) >= 11 is 1.25. The summed E-state index contributed by atoms with van der Waals surface area (Å²) in [6.45, 7) is 0. The molecule has 150 valence electrons. The van der Waals surface area contributed by atoms with Crippen molar-refractivity contribution in [2.45, 2.75) is 9.92 Å². The maximum Gasteiger partial charge on any atom is 0.244 e. The Morgan fingerprint density at radius 3 is 2.34 bits per heavy atom. The number of hydrogen-bond donors (Lipinski definition) is 1. The Morgan fingerprint density at radius 2 is 1.69 bits per heavy atom. The van der Waals surface area contributed by atoms with Crippen LogP contribution in [0.5, 0.6) is 0 Å². The van der Waals surface area contributed by atoms with E-state index in [4.69, 9.17) is 0 Å². The van der Waals surface area contributed by atoms with Crippen LogP contribution in [0.1, 0.15) is 0 Å². The molecule has 0 saturated carbocycles. The second-order valence-corrected chi connectivity index (χ2v) is 9.52. The predicted octanol–water partition coefficient (Wildman–Crippen LogP) is 3.73. The molecule has 0 saturated heterocycles. The highest BCUT2D eigenvalue weighted by molar-refractivity contribution is 7.99. The Bertz CT molecular complexity index is 1080. The molecule has 0 bridgehead atoms. The van der Waals surface area contributed by atoms with Gasteiger partial charge in [-0.2, -0.15) is 0 Å². The van der Waals surface area contributed by atoms with Crippen molar-refractivity contribution in [2.24, 2.45) is 0 Å². The van der Waals surface area contributed by atoms with Gasteiger partial charge in [0.15, 0.2) is 0 Å². The van der Waals surface area contributed by atoms with Gasteiger partial charge in [0.1, 0.15) is 4.90 Å². The minimum Gasteiger partial charge on any atom is -0.325 e. The number of hydrogen-bond acceptors (Lipinski definition) is 5. The lowest BCUT2D eigenvalue weighted by Crippen LogP contribution is -2.22. The van der Waals surface area contributed by atoms with E-state index < -0.39 is 10.0 Å². The van der Waals surface area contributed by atoms with Crippen molar-refractivity contribution in [1.29, 1.82) is 0 Å². The molecule has 29 heavy (non-hydrogen) atoms. The van der Waals surface area contributed by atoms with E-state index in [1.54, 1.807) is 6.07 Å². The molecule has 0 fully saturated rings. The Balaban J connectivity index is 1.64. The highest BCUT2D eigenvalue weighted by Gasteiger charge is 2.17. The van der Waals surface area contributed by atoms with Gasteiger partial charge in [-0.05, 0) is 23.8 Å². The van der Waals surface area contributed by atoms with Gasteiger partial charge in [-0.25, -0.2) is 17.7 Å². The average molecular weight is 428 g/mol. The first-order chi connectivity index (χ1) is 13.9. The topological polar surface area (TPSA) is 79.4 Å². The molecule has 0 aliphatic rings. The summed E-state index contributed by atoms with van der Waals surface area (Å²) in [7, 11) is -0.579. The third-order valence-electron chi connectivity index (χ3n) is 4.12. The van der Waals surface area contributed by atoms with Crippen LogP contribution in [-0.2, 0) is 14.8 Å². The number of thioether (sulfide) groups is 1. The molecule has 1 N–H and O–H groups in total. The summed E-state index contributed by atoms with van der Waals surface area (Å²) in [5, 5.41) is 3.52. The molecule has 0 aliphatic carbocycles. The van der Waals surface area contributed by atoms with E-state index >= 15 is 0 Å². The SMILES string of the molecule is CN(C)S(=O)(=O)c1ccc(SCC(=O)Nc2ccccc2-c2ccccc2)nc1. The summed E-state index contributed by atoms with van der Waals surface area (Å²) < 4.78 is 25.3. The largest absolute Gasteiger partial charge is 0.325 e. The number of carbonyl (C=O) groups excluding carboxylic acids is 1. The van der Waals surface area contributed by atoms with Crippen LogP contribution in [-0.4, -0.2) is 43.5 Å². The molecular formula is C21H21N3O3S2. The molecule has 0 unspecified atom stereocenters. The van der Waals surface area contributed by atoms with E-state index in [0.29, 0.717) is 5.03 Å². The molecule has 0 radical (unpaired) electrons. The Labute approximate surface area is 175 Å². The lowest BCUT2D eigenvalue weighted by molar-refractivity contribution is -0.113. The maximum atomic E-state index is 12.4. The standard InChI is InChI=1S/C21H21N3O3S2/c1-24(2)29(26,27)17-12-13-21(22-14-17)28-15-20(25)23-19-11-7-6-10-18(19)16-8-4-3-5-9-16/h3-14H,15H2,1-2H3,(H,23,25). The fourth-order valence-corrected chi connectivity index (χ4v) is 4.09. The van der Waals surface area contributed by atoms with Gasteiger partial charge in [0.25, 0.3) is 0 Å². The van der Waals surface area contributed by atoms with Crippen molar-refractivity contribution in [1.82, 2.24) is 9.29 Å². The highest BCUT2D eigenvalue weighted by Crippen LogP contribution is 2.28. The van der Waals surface area contributed by atoms with Gasteiger partial charge in [0.05, 0.1) is 10.8 Å². The zero-order valence-electron chi connectivity index (χ0n) is 16.1. The average Bonchev–Trinajstić information content (AvgIpc) is 2.73. The Kier molecular flexibility index (Phi) is 6.68.